The molecule has 0 aliphatic rings. The molecule has 0 unspecified atom stereocenters. The van der Waals surface area contributed by atoms with E-state index in [0.717, 1.165) is 5.69 Å². The minimum absolute atomic E-state index is 0.0383. The van der Waals surface area contributed by atoms with Gasteiger partial charge in [0.1, 0.15) is 10.6 Å². The van der Waals surface area contributed by atoms with Gasteiger partial charge < -0.3 is 9.15 Å². The number of aromatic nitrogens is 1. The summed E-state index contributed by atoms with van der Waals surface area (Å²) in [6.45, 7) is 1.24. The number of halogens is 1. The van der Waals surface area contributed by atoms with Crippen molar-refractivity contribution < 1.29 is 18.7 Å². The molecule has 0 spiro atoms. The van der Waals surface area contributed by atoms with Crippen molar-refractivity contribution in [1.82, 2.24) is 4.98 Å². The van der Waals surface area contributed by atoms with Gasteiger partial charge in [0.2, 0.25) is 5.76 Å². The molecule has 0 radical (unpaired) electrons. The molecule has 0 aliphatic heterocycles. The van der Waals surface area contributed by atoms with Gasteiger partial charge in [0.15, 0.2) is 18.3 Å². The van der Waals surface area contributed by atoms with Crippen LogP contribution in [0.25, 0.3) is 11.0 Å². The monoisotopic (exact) mass is 374 g/mol. The highest BCUT2D eigenvalue weighted by atomic mass is 35.5. The number of aryl methyl sites for hydroxylation is 1. The van der Waals surface area contributed by atoms with Crippen LogP contribution in [-0.4, -0.2) is 23.3 Å². The van der Waals surface area contributed by atoms with Crippen molar-refractivity contribution in [1.29, 1.82) is 5.26 Å². The van der Waals surface area contributed by atoms with Gasteiger partial charge in [0.25, 0.3) is 0 Å². The van der Waals surface area contributed by atoms with Crippen LogP contribution in [0, 0.1) is 18.3 Å². The Hall–Kier alpha value is -2.69. The number of esters is 1. The zero-order valence-electron chi connectivity index (χ0n) is 13.0. The molecule has 2 aromatic heterocycles. The zero-order valence-corrected chi connectivity index (χ0v) is 14.6. The average Bonchev–Trinajstić information content (AvgIpc) is 3.19. The molecular formula is C17H11ClN2O4S. The Bertz CT molecular complexity index is 1000. The molecule has 1 aromatic carbocycles. The summed E-state index contributed by atoms with van der Waals surface area (Å²) >= 11 is 7.10. The lowest BCUT2D eigenvalue weighted by Crippen LogP contribution is -2.19. The highest BCUT2D eigenvalue weighted by molar-refractivity contribution is 7.09. The van der Waals surface area contributed by atoms with Gasteiger partial charge in [-0.05, 0) is 31.2 Å². The third-order valence-corrected chi connectivity index (χ3v) is 4.62. The molecule has 126 valence electrons. The summed E-state index contributed by atoms with van der Waals surface area (Å²) in [5.41, 5.74) is 1.21. The van der Waals surface area contributed by atoms with Crippen molar-refractivity contribution in [3.05, 3.63) is 51.1 Å². The number of furan rings is 1. The quantitative estimate of drug-likeness (QED) is 0.629. The second kappa shape index (κ2) is 7.05. The van der Waals surface area contributed by atoms with E-state index in [0.29, 0.717) is 21.0 Å². The number of rotatable bonds is 5. The topological polar surface area (TPSA) is 93.2 Å². The summed E-state index contributed by atoms with van der Waals surface area (Å²) in [6, 6.07) is 8.30. The van der Waals surface area contributed by atoms with Gasteiger partial charge >= 0.3 is 5.97 Å². The van der Waals surface area contributed by atoms with Gasteiger partial charge in [-0.15, -0.1) is 11.3 Å². The molecule has 0 N–H and O–H groups in total. The molecule has 2 heterocycles. The number of fused-ring (bicyclic) bond motifs is 1. The number of thiazole rings is 1. The molecule has 0 bridgehead atoms. The number of carbonyl (C=O) groups is 2. The van der Waals surface area contributed by atoms with Gasteiger partial charge in [-0.2, -0.15) is 5.26 Å². The number of benzene rings is 1. The van der Waals surface area contributed by atoms with E-state index < -0.39 is 24.3 Å². The first-order chi connectivity index (χ1) is 12.0. The maximum absolute atomic E-state index is 12.2. The van der Waals surface area contributed by atoms with Crippen molar-refractivity contribution in [3.8, 4) is 6.07 Å². The van der Waals surface area contributed by atoms with E-state index >= 15 is 0 Å². The van der Waals surface area contributed by atoms with Crippen molar-refractivity contribution in [2.75, 3.05) is 6.61 Å². The lowest BCUT2D eigenvalue weighted by atomic mass is 10.1. The Kier molecular flexibility index (Phi) is 4.83. The molecule has 0 saturated heterocycles. The number of carbonyl (C=O) groups excluding carboxylic acids is 2. The predicted octanol–water partition coefficient (Wildman–Crippen LogP) is 3.88. The summed E-state index contributed by atoms with van der Waals surface area (Å²) in [6.07, 6.45) is 0. The first-order valence-electron chi connectivity index (χ1n) is 7.18. The normalized spacial score (nSPS) is 11.9. The van der Waals surface area contributed by atoms with Crippen LogP contribution in [-0.2, 0) is 9.53 Å². The van der Waals surface area contributed by atoms with Gasteiger partial charge in [-0.3, -0.25) is 4.79 Å². The smallest absolute Gasteiger partial charge is 0.374 e. The van der Waals surface area contributed by atoms with E-state index in [1.165, 1.54) is 17.4 Å². The molecule has 0 amide bonds. The largest absolute Gasteiger partial charge is 0.452 e. The molecule has 3 rings (SSSR count). The van der Waals surface area contributed by atoms with Crippen molar-refractivity contribution in [2.45, 2.75) is 12.8 Å². The maximum atomic E-state index is 12.2. The lowest BCUT2D eigenvalue weighted by molar-refractivity contribution is -0.122. The van der Waals surface area contributed by atoms with E-state index in [9.17, 15) is 14.9 Å². The zero-order chi connectivity index (χ0) is 18.0. The van der Waals surface area contributed by atoms with Gasteiger partial charge in [0.05, 0.1) is 6.07 Å². The first-order valence-corrected chi connectivity index (χ1v) is 8.44. The Labute approximate surface area is 151 Å². The van der Waals surface area contributed by atoms with E-state index in [1.54, 1.807) is 30.5 Å². The van der Waals surface area contributed by atoms with Gasteiger partial charge in [-0.25, -0.2) is 9.78 Å². The minimum atomic E-state index is -1.05. The standard InChI is InChI=1S/C17H11ClN2O4S/c1-9-8-25-16(20-9)12(6-19)13(21)7-23-17(22)15-5-10-4-11(18)2-3-14(10)24-15/h2-5,8,12H,7H2,1H3/t12-/m0/s1. The summed E-state index contributed by atoms with van der Waals surface area (Å²) < 4.78 is 10.3. The summed E-state index contributed by atoms with van der Waals surface area (Å²) in [7, 11) is 0. The SMILES string of the molecule is Cc1csc([C@@H](C#N)C(=O)COC(=O)c2cc3cc(Cl)ccc3o2)n1. The van der Waals surface area contributed by atoms with Crippen molar-refractivity contribution >= 4 is 45.7 Å². The Morgan fingerprint density at radius 3 is 2.92 bits per heavy atom. The summed E-state index contributed by atoms with van der Waals surface area (Å²) in [5, 5.41) is 12.5. The van der Waals surface area contributed by atoms with Crippen LogP contribution < -0.4 is 0 Å². The van der Waals surface area contributed by atoms with Gasteiger partial charge in [0, 0.05) is 21.5 Å². The number of ether oxygens (including phenoxy) is 1. The van der Waals surface area contributed by atoms with Crippen LogP contribution >= 0.6 is 22.9 Å². The molecule has 1 atom stereocenters. The number of nitrogens with zero attached hydrogens (tertiary/aromatic N) is 2. The highest BCUT2D eigenvalue weighted by Gasteiger charge is 2.25. The maximum Gasteiger partial charge on any atom is 0.374 e. The molecule has 0 saturated carbocycles. The van der Waals surface area contributed by atoms with Crippen molar-refractivity contribution in [2.24, 2.45) is 0 Å². The van der Waals surface area contributed by atoms with Crippen LogP contribution in [0.3, 0.4) is 0 Å². The molecule has 8 heteroatoms. The van der Waals surface area contributed by atoms with Crippen LogP contribution in [0.15, 0.2) is 34.1 Å². The fraction of sp³-hybridized carbons (Fsp3) is 0.176. The third kappa shape index (κ3) is 3.71. The Morgan fingerprint density at radius 1 is 1.44 bits per heavy atom. The molecule has 3 aromatic rings. The van der Waals surface area contributed by atoms with E-state index in [1.807, 2.05) is 6.07 Å². The molecule has 0 aliphatic carbocycles. The number of nitriles is 1. The van der Waals surface area contributed by atoms with Crippen molar-refractivity contribution in [3.63, 3.8) is 0 Å². The second-order valence-corrected chi connectivity index (χ2v) is 6.55. The third-order valence-electron chi connectivity index (χ3n) is 3.36. The molecule has 25 heavy (non-hydrogen) atoms. The molecule has 6 nitrogen and oxygen atoms in total. The predicted molar refractivity (Wildman–Crippen MR) is 91.7 cm³/mol. The van der Waals surface area contributed by atoms with Crippen LogP contribution in [0.4, 0.5) is 0 Å². The van der Waals surface area contributed by atoms with E-state index in [4.69, 9.17) is 20.8 Å². The van der Waals surface area contributed by atoms with Gasteiger partial charge in [-0.1, -0.05) is 11.6 Å². The Balaban J connectivity index is 1.68. The fourth-order valence-electron chi connectivity index (χ4n) is 2.18. The average molecular weight is 375 g/mol. The van der Waals surface area contributed by atoms with Crippen LogP contribution in [0.2, 0.25) is 5.02 Å². The van der Waals surface area contributed by atoms with E-state index in [-0.39, 0.29) is 5.76 Å². The highest BCUT2D eigenvalue weighted by Crippen LogP contribution is 2.24. The number of Topliss-reactive ketones (excluding diaryl/α,β-unsaturated/α-hetero) is 1. The fourth-order valence-corrected chi connectivity index (χ4v) is 3.22. The number of hydrogen-bond acceptors (Lipinski definition) is 7. The minimum Gasteiger partial charge on any atom is -0.452 e. The second-order valence-electron chi connectivity index (χ2n) is 5.22. The molecule has 0 fully saturated rings. The first kappa shape index (κ1) is 17.1. The van der Waals surface area contributed by atoms with Crippen LogP contribution in [0.5, 0.6) is 0 Å². The number of hydrogen-bond donors (Lipinski definition) is 0. The van der Waals surface area contributed by atoms with E-state index in [2.05, 4.69) is 4.98 Å². The van der Waals surface area contributed by atoms with Crippen LogP contribution in [0.1, 0.15) is 27.2 Å². The number of ketones is 1. The molecular weight excluding hydrogens is 364 g/mol. The summed E-state index contributed by atoms with van der Waals surface area (Å²) in [4.78, 5) is 28.3. The summed E-state index contributed by atoms with van der Waals surface area (Å²) in [5.74, 6) is -2.42. The Morgan fingerprint density at radius 2 is 2.24 bits per heavy atom. The lowest BCUT2D eigenvalue weighted by Gasteiger charge is -2.05.